The van der Waals surface area contributed by atoms with Crippen LogP contribution in [0, 0.1) is 17.8 Å². The fourth-order valence-electron chi connectivity index (χ4n) is 11.4. The van der Waals surface area contributed by atoms with Gasteiger partial charge < -0.3 is 33.8 Å². The first kappa shape index (κ1) is 92.1. The largest absolute Gasteiger partial charge is 0.472 e. The molecule has 0 aliphatic rings. The number of hydrogen-bond acceptors (Lipinski definition) is 15. The summed E-state index contributed by atoms with van der Waals surface area (Å²) in [5.41, 5.74) is 0. The van der Waals surface area contributed by atoms with Gasteiger partial charge in [0.05, 0.1) is 26.4 Å². The lowest BCUT2D eigenvalue weighted by atomic mass is 9.99. The van der Waals surface area contributed by atoms with Crippen molar-refractivity contribution >= 4 is 39.5 Å². The number of ether oxygens (including phenoxy) is 4. The zero-order chi connectivity index (χ0) is 69.4. The number of carbonyl (C=O) groups excluding carboxylic acids is 4. The molecule has 558 valence electrons. The zero-order valence-electron chi connectivity index (χ0n) is 61.4. The van der Waals surface area contributed by atoms with Crippen LogP contribution in [0.1, 0.15) is 382 Å². The van der Waals surface area contributed by atoms with Crippen molar-refractivity contribution in [3.63, 3.8) is 0 Å². The first-order valence-corrected chi connectivity index (χ1v) is 41.9. The molecule has 6 atom stereocenters. The van der Waals surface area contributed by atoms with Gasteiger partial charge in [0.25, 0.3) is 0 Å². The monoisotopic (exact) mass is 1380 g/mol. The molecule has 0 aliphatic heterocycles. The SMILES string of the molecule is CCCCCCCCCCCCCC(=O)OC[C@H](COP(=O)(O)OC[C@H](O)COP(=O)(O)OC[C@@H](COC(=O)CCCCCCCCCCCCC(C)CC)OC(=O)CCCCCCCCCCCCCCCCC(C)C)OC(=O)CCCCCCCCCCCC(C)C. The molecule has 0 radical (unpaired) electrons. The van der Waals surface area contributed by atoms with Gasteiger partial charge in [0.15, 0.2) is 12.2 Å². The Hall–Kier alpha value is -1.94. The number of unbranched alkanes of at least 4 members (excludes halogenated alkanes) is 40. The molecule has 0 amide bonds. The van der Waals surface area contributed by atoms with Crippen molar-refractivity contribution in [2.24, 2.45) is 17.8 Å². The molecular formula is C75H146O17P2. The minimum absolute atomic E-state index is 0.105. The van der Waals surface area contributed by atoms with Gasteiger partial charge in [0.2, 0.25) is 0 Å². The van der Waals surface area contributed by atoms with E-state index in [0.29, 0.717) is 25.7 Å². The highest BCUT2D eigenvalue weighted by Gasteiger charge is 2.30. The van der Waals surface area contributed by atoms with E-state index in [9.17, 15) is 43.2 Å². The van der Waals surface area contributed by atoms with Gasteiger partial charge in [-0.15, -0.1) is 0 Å². The van der Waals surface area contributed by atoms with E-state index >= 15 is 0 Å². The molecule has 0 aromatic rings. The van der Waals surface area contributed by atoms with Gasteiger partial charge in [0.1, 0.15) is 19.3 Å². The number of esters is 4. The van der Waals surface area contributed by atoms with Crippen molar-refractivity contribution in [1.82, 2.24) is 0 Å². The maximum absolute atomic E-state index is 13.1. The summed E-state index contributed by atoms with van der Waals surface area (Å²) in [5.74, 6) is 0.223. The van der Waals surface area contributed by atoms with E-state index in [1.54, 1.807) is 0 Å². The van der Waals surface area contributed by atoms with E-state index < -0.39 is 97.5 Å². The molecule has 0 bridgehead atoms. The van der Waals surface area contributed by atoms with Crippen molar-refractivity contribution in [2.45, 2.75) is 401 Å². The molecule has 0 rings (SSSR count). The number of hydrogen-bond donors (Lipinski definition) is 3. The van der Waals surface area contributed by atoms with E-state index in [-0.39, 0.29) is 25.7 Å². The molecule has 0 heterocycles. The molecule has 0 saturated carbocycles. The summed E-state index contributed by atoms with van der Waals surface area (Å²) in [5, 5.41) is 10.6. The van der Waals surface area contributed by atoms with Gasteiger partial charge in [-0.2, -0.15) is 0 Å². The normalized spacial score (nSPS) is 14.4. The fraction of sp³-hybridized carbons (Fsp3) is 0.947. The number of phosphoric acid groups is 2. The van der Waals surface area contributed by atoms with Gasteiger partial charge in [-0.1, -0.05) is 331 Å². The minimum Gasteiger partial charge on any atom is -0.462 e. The molecule has 17 nitrogen and oxygen atoms in total. The third-order valence-corrected chi connectivity index (χ3v) is 19.6. The second kappa shape index (κ2) is 65.7. The number of phosphoric ester groups is 2. The second-order valence-corrected chi connectivity index (χ2v) is 31.1. The smallest absolute Gasteiger partial charge is 0.462 e. The topological polar surface area (TPSA) is 237 Å². The number of rotatable bonds is 73. The van der Waals surface area contributed by atoms with E-state index in [2.05, 4.69) is 48.5 Å². The van der Waals surface area contributed by atoms with Crippen LogP contribution in [-0.2, 0) is 65.4 Å². The highest BCUT2D eigenvalue weighted by atomic mass is 31.2. The molecule has 94 heavy (non-hydrogen) atoms. The van der Waals surface area contributed by atoms with Crippen molar-refractivity contribution < 1.29 is 80.2 Å². The Balaban J connectivity index is 5.26. The van der Waals surface area contributed by atoms with Gasteiger partial charge >= 0.3 is 39.5 Å². The Bertz CT molecular complexity index is 1840. The van der Waals surface area contributed by atoms with Crippen LogP contribution < -0.4 is 0 Å². The molecule has 3 N–H and O–H groups in total. The van der Waals surface area contributed by atoms with Crippen LogP contribution in [0.2, 0.25) is 0 Å². The van der Waals surface area contributed by atoms with Gasteiger partial charge in [-0.05, 0) is 43.4 Å². The Morgan fingerprint density at radius 1 is 0.309 bits per heavy atom. The summed E-state index contributed by atoms with van der Waals surface area (Å²) in [6.07, 6.45) is 51.2. The Labute approximate surface area is 575 Å². The van der Waals surface area contributed by atoms with Crippen LogP contribution >= 0.6 is 15.6 Å². The summed E-state index contributed by atoms with van der Waals surface area (Å²) in [6.45, 7) is 11.9. The van der Waals surface area contributed by atoms with Crippen LogP contribution in [0.15, 0.2) is 0 Å². The summed E-state index contributed by atoms with van der Waals surface area (Å²) in [4.78, 5) is 72.8. The molecule has 19 heteroatoms. The van der Waals surface area contributed by atoms with Crippen molar-refractivity contribution in [3.05, 3.63) is 0 Å². The van der Waals surface area contributed by atoms with Crippen LogP contribution in [0.25, 0.3) is 0 Å². The van der Waals surface area contributed by atoms with E-state index in [1.807, 2.05) is 0 Å². The summed E-state index contributed by atoms with van der Waals surface area (Å²) < 4.78 is 68.5. The molecule has 0 aliphatic carbocycles. The third-order valence-electron chi connectivity index (χ3n) is 17.7. The molecule has 0 aromatic heterocycles. The van der Waals surface area contributed by atoms with Crippen molar-refractivity contribution in [3.8, 4) is 0 Å². The minimum atomic E-state index is -4.96. The predicted octanol–water partition coefficient (Wildman–Crippen LogP) is 21.8. The van der Waals surface area contributed by atoms with Crippen molar-refractivity contribution in [2.75, 3.05) is 39.6 Å². The highest BCUT2D eigenvalue weighted by molar-refractivity contribution is 7.47. The number of aliphatic hydroxyl groups excluding tert-OH is 1. The van der Waals surface area contributed by atoms with Crippen LogP contribution in [-0.4, -0.2) is 96.7 Å². The van der Waals surface area contributed by atoms with Crippen LogP contribution in [0.5, 0.6) is 0 Å². The molecule has 0 fully saturated rings. The van der Waals surface area contributed by atoms with Gasteiger partial charge in [0, 0.05) is 25.7 Å². The maximum Gasteiger partial charge on any atom is 0.472 e. The lowest BCUT2D eigenvalue weighted by Gasteiger charge is -2.21. The summed E-state index contributed by atoms with van der Waals surface area (Å²) >= 11 is 0. The van der Waals surface area contributed by atoms with Crippen molar-refractivity contribution in [1.29, 1.82) is 0 Å². The van der Waals surface area contributed by atoms with Crippen LogP contribution in [0.3, 0.4) is 0 Å². The highest BCUT2D eigenvalue weighted by Crippen LogP contribution is 2.45. The average molecular weight is 1380 g/mol. The molecule has 3 unspecified atom stereocenters. The summed E-state index contributed by atoms with van der Waals surface area (Å²) in [6, 6.07) is 0. The third kappa shape index (κ3) is 67.3. The fourth-order valence-corrected chi connectivity index (χ4v) is 13.0. The van der Waals surface area contributed by atoms with Crippen LogP contribution in [0.4, 0.5) is 0 Å². The summed E-state index contributed by atoms with van der Waals surface area (Å²) in [7, 11) is -9.91. The predicted molar refractivity (Wildman–Crippen MR) is 381 cm³/mol. The standard InChI is InChI=1S/C75H146O17P2/c1-8-10-11-12-13-14-19-28-35-42-49-56-72(77)85-63-71(92-75(80)59-52-45-38-31-24-26-33-40-47-54-67(5)6)65-90-94(83,84)88-61-69(76)60-87-93(81,82)89-64-70(62-86-73(78)57-50-43-36-29-23-22-27-34-41-48-55-68(7)9-2)91-74(79)58-51-44-37-30-21-18-16-15-17-20-25-32-39-46-53-66(3)4/h66-71,76H,8-65H2,1-7H3,(H,81,82)(H,83,84)/t68?,69-,70-,71-/m1/s1. The Morgan fingerprint density at radius 3 is 0.809 bits per heavy atom. The van der Waals surface area contributed by atoms with Gasteiger partial charge in [-0.25, -0.2) is 9.13 Å². The molecule has 0 saturated heterocycles. The Morgan fingerprint density at radius 2 is 0.543 bits per heavy atom. The first-order chi connectivity index (χ1) is 45.3. The lowest BCUT2D eigenvalue weighted by Crippen LogP contribution is -2.30. The molecular weight excluding hydrogens is 1230 g/mol. The number of carbonyl (C=O) groups is 4. The quantitative estimate of drug-likeness (QED) is 0.0222. The maximum atomic E-state index is 13.1. The molecule has 0 spiro atoms. The van der Waals surface area contributed by atoms with E-state index in [4.69, 9.17) is 37.0 Å². The van der Waals surface area contributed by atoms with Gasteiger partial charge in [-0.3, -0.25) is 37.3 Å². The number of aliphatic hydroxyl groups is 1. The molecule has 0 aromatic carbocycles. The first-order valence-electron chi connectivity index (χ1n) is 38.9. The van der Waals surface area contributed by atoms with E-state index in [0.717, 1.165) is 108 Å². The van der Waals surface area contributed by atoms with E-state index in [1.165, 1.54) is 193 Å². The lowest BCUT2D eigenvalue weighted by molar-refractivity contribution is -0.161. The zero-order valence-corrected chi connectivity index (χ0v) is 63.2. The average Bonchev–Trinajstić information content (AvgIpc) is 1.73. The Kier molecular flexibility index (Phi) is 64.3. The second-order valence-electron chi connectivity index (χ2n) is 28.2.